The molecular formula is C80H110Cl8N24O12. The van der Waals surface area contributed by atoms with E-state index in [0.29, 0.717) is 86.3 Å². The van der Waals surface area contributed by atoms with Crippen LogP contribution in [0.3, 0.4) is 0 Å². The maximum atomic E-state index is 12.0. The Balaban J connectivity index is 0.000000189. The second kappa shape index (κ2) is 48.6. The summed E-state index contributed by atoms with van der Waals surface area (Å²) in [5.41, 5.74) is 6.82. The van der Waals surface area contributed by atoms with E-state index in [1.807, 2.05) is 102 Å². The van der Waals surface area contributed by atoms with Gasteiger partial charge in [-0.2, -0.15) is 35.2 Å². The van der Waals surface area contributed by atoms with Crippen molar-refractivity contribution in [2.24, 2.45) is 26.9 Å². The van der Waals surface area contributed by atoms with Gasteiger partial charge in [-0.1, -0.05) is 76.2 Å². The predicted octanol–water partition coefficient (Wildman–Crippen LogP) is 16.9. The van der Waals surface area contributed by atoms with Gasteiger partial charge in [0.15, 0.2) is 5.15 Å². The highest BCUT2D eigenvalue weighted by molar-refractivity contribution is 6.41. The fourth-order valence-electron chi connectivity index (χ4n) is 13.1. The number of nitrogens with zero attached hydrogens (tertiary/aromatic N) is 16. The Morgan fingerprint density at radius 1 is 0.411 bits per heavy atom. The zero-order valence-electron chi connectivity index (χ0n) is 71.2. The Hall–Kier alpha value is -9.11. The van der Waals surface area contributed by atoms with Crippen molar-refractivity contribution in [1.82, 2.24) is 100 Å². The molecule has 5 saturated carbocycles. The number of aliphatic hydroxyl groups is 1. The van der Waals surface area contributed by atoms with Gasteiger partial charge in [-0.15, -0.1) is 0 Å². The molecule has 8 aromatic rings. The third kappa shape index (κ3) is 37.6. The quantitative estimate of drug-likeness (QED) is 0.0157. The molecule has 678 valence electrons. The standard InChI is InChI=1S/C19H27ClN6O3.C17H21ClN6O2.C15H21Cl2N3O3.C14H19ClN6O.C11H21NO3.C4HCl3N2/c1-19(2,3)29-18(27)24-12-6-5-7-14(8-12)28-16-15(20)10-21-17(25-16)23-13-9-22-26(4)11-13;1-3-15(25)21-11-5-4-6-13(7-11)26-16-14(18)9-19-17(23-16)22-12-8-20-24(2)10-12;1-15(2,3)23-14(21)19-9-5-4-6-10(7-9)22-12-11(16)8-18-13(17)20-12;1-21-8-10(6-18-21)19-14-17-7-12(15)13(20-14)22-11-4-2-3-9(16)5-11;1-11(2,3)15-10(14)12-8-5-4-6-9(13)7-8;5-2-1-8-4(7)9-3(2)6/h9-12,14H,5-8H2,1-4H3,(H,24,27)(H,21,23,25);3,8-11,13H,1,4-7H2,2H3,(H,21,25)(H,19,22,23);8-10H,4-7H2,1-3H3,(H,19,21);6-9,11H,2-5,16H2,1H3,(H,17,19,20);8-9,13H,4-7H2,1-3H3,(H,12,14);1H. The van der Waals surface area contributed by atoms with Crippen molar-refractivity contribution in [2.45, 2.75) is 268 Å². The van der Waals surface area contributed by atoms with Crippen molar-refractivity contribution in [1.29, 1.82) is 0 Å². The van der Waals surface area contributed by atoms with E-state index in [4.69, 9.17) is 132 Å². The van der Waals surface area contributed by atoms with Crippen molar-refractivity contribution >= 4 is 152 Å². The van der Waals surface area contributed by atoms with E-state index < -0.39 is 29.0 Å². The first-order valence-corrected chi connectivity index (χ1v) is 43.5. The number of amides is 4. The summed E-state index contributed by atoms with van der Waals surface area (Å²) in [4.78, 5) is 87.3. The van der Waals surface area contributed by atoms with Gasteiger partial charge >= 0.3 is 18.3 Å². The highest BCUT2D eigenvalue weighted by Crippen LogP contribution is 2.35. The van der Waals surface area contributed by atoms with Crippen molar-refractivity contribution < 1.29 is 57.4 Å². The topological polar surface area (TPSA) is 446 Å². The molecule has 8 aromatic heterocycles. The minimum Gasteiger partial charge on any atom is -0.473 e. The lowest BCUT2D eigenvalue weighted by Crippen LogP contribution is -2.43. The van der Waals surface area contributed by atoms with Crippen LogP contribution in [0.25, 0.3) is 0 Å². The molecule has 5 aliphatic carbocycles. The number of rotatable bonds is 19. The van der Waals surface area contributed by atoms with Crippen LogP contribution in [-0.4, -0.2) is 186 Å². The van der Waals surface area contributed by atoms with Gasteiger partial charge in [0.2, 0.25) is 57.8 Å². The summed E-state index contributed by atoms with van der Waals surface area (Å²) in [7, 11) is 5.50. The van der Waals surface area contributed by atoms with Gasteiger partial charge in [0.05, 0.1) is 77.8 Å². The Kier molecular flexibility index (Phi) is 39.3. The highest BCUT2D eigenvalue weighted by Gasteiger charge is 2.32. The van der Waals surface area contributed by atoms with E-state index in [1.54, 1.807) is 32.6 Å². The van der Waals surface area contributed by atoms with Crippen molar-refractivity contribution in [2.75, 3.05) is 16.0 Å². The van der Waals surface area contributed by atoms with Gasteiger partial charge in [-0.3, -0.25) is 18.8 Å². The maximum absolute atomic E-state index is 12.0. The third-order valence-corrected chi connectivity index (χ3v) is 20.4. The van der Waals surface area contributed by atoms with Crippen molar-refractivity contribution in [3.05, 3.63) is 122 Å². The lowest BCUT2D eigenvalue weighted by Gasteiger charge is -2.30. The normalized spacial score (nSPS) is 20.5. The molecule has 4 amide bonds. The number of nitrogens with one attached hydrogen (secondary N) is 7. The van der Waals surface area contributed by atoms with Crippen molar-refractivity contribution in [3.63, 3.8) is 0 Å². The number of carbonyl (C=O) groups is 4. The molecule has 5 aliphatic rings. The number of alkyl carbamates (subject to hydrolysis) is 3. The van der Waals surface area contributed by atoms with E-state index in [1.165, 1.54) is 37.1 Å². The minimum absolute atomic E-state index is 0.000292. The predicted molar refractivity (Wildman–Crippen MR) is 475 cm³/mol. The van der Waals surface area contributed by atoms with E-state index >= 15 is 0 Å². The molecule has 0 saturated heterocycles. The summed E-state index contributed by atoms with van der Waals surface area (Å²) in [6, 6.07) is 0.292. The number of aromatic nitrogens is 16. The number of hydrogen-bond acceptors (Lipinski definition) is 29. The van der Waals surface area contributed by atoms with E-state index in [2.05, 4.69) is 109 Å². The second-order valence-electron chi connectivity index (χ2n) is 32.8. The van der Waals surface area contributed by atoms with Crippen LogP contribution < -0.4 is 61.9 Å². The molecule has 0 bridgehead atoms. The zero-order chi connectivity index (χ0) is 90.4. The molecule has 10 N–H and O–H groups in total. The van der Waals surface area contributed by atoms with Crippen LogP contribution in [0.1, 0.15) is 191 Å². The number of ether oxygens (including phenoxy) is 7. The van der Waals surface area contributed by atoms with E-state index in [-0.39, 0.29) is 94.3 Å². The number of nitrogens with two attached hydrogens (primary N) is 1. The van der Waals surface area contributed by atoms with Gasteiger partial charge in [0.25, 0.3) is 0 Å². The van der Waals surface area contributed by atoms with Crippen LogP contribution in [-0.2, 0) is 40.1 Å². The summed E-state index contributed by atoms with van der Waals surface area (Å²) in [6.45, 7) is 20.0. The Bertz CT molecular complexity index is 4750. The summed E-state index contributed by atoms with van der Waals surface area (Å²) < 4.78 is 44.6. The summed E-state index contributed by atoms with van der Waals surface area (Å²) >= 11 is 46.6. The maximum Gasteiger partial charge on any atom is 0.407 e. The smallest absolute Gasteiger partial charge is 0.407 e. The van der Waals surface area contributed by atoms with Crippen LogP contribution in [0.15, 0.2) is 80.8 Å². The number of carbonyl (C=O) groups excluding carboxylic acids is 4. The second-order valence-corrected chi connectivity index (χ2v) is 35.9. The monoisotopic (exact) mass is 1880 g/mol. The molecule has 13 rings (SSSR count). The molecular weight excluding hydrogens is 1770 g/mol. The molecule has 0 spiro atoms. The summed E-state index contributed by atoms with van der Waals surface area (Å²) in [5.74, 6) is 2.31. The molecule has 10 atom stereocenters. The average molecular weight is 1880 g/mol. The number of anilines is 6. The highest BCUT2D eigenvalue weighted by atomic mass is 35.5. The number of halogens is 8. The van der Waals surface area contributed by atoms with Gasteiger partial charge in [0.1, 0.15) is 61.3 Å². The first-order chi connectivity index (χ1) is 58.6. The first-order valence-electron chi connectivity index (χ1n) is 40.5. The SMILES string of the molecule is C=CC(=O)NC1CCCC(Oc2nc(Nc3cnn(C)c3)ncc2Cl)C1.CC(C)(C)OC(=O)NC1CCCC(O)C1.CC(C)(C)OC(=O)NC1CCCC(Oc2nc(Cl)ncc2Cl)C1.Clc1ncc(Cl)c(Cl)n1.Cn1cc(Nc2ncc(Cl)c(OC3CCCC(N)C3)n2)cn1.Cn1cc(Nc2ncc(Cl)c(OC3CCCC(NC(=O)OC(C)(C)C)C3)n2)cn1. The van der Waals surface area contributed by atoms with Gasteiger partial charge < -0.3 is 81.2 Å². The lowest BCUT2D eigenvalue weighted by atomic mass is 9.93. The van der Waals surface area contributed by atoms with Gasteiger partial charge in [0, 0.05) is 89.2 Å². The Morgan fingerprint density at radius 2 is 0.718 bits per heavy atom. The van der Waals surface area contributed by atoms with Crippen LogP contribution in [0.2, 0.25) is 40.8 Å². The number of hydrogen-bond donors (Lipinski definition) is 9. The molecule has 5 fully saturated rings. The molecule has 44 heteroatoms. The molecule has 36 nitrogen and oxygen atoms in total. The average Bonchev–Trinajstić information content (AvgIpc) is 1.27. The molecule has 10 unspecified atom stereocenters. The summed E-state index contributed by atoms with van der Waals surface area (Å²) in [6.07, 6.45) is 34.8. The molecule has 124 heavy (non-hydrogen) atoms. The largest absolute Gasteiger partial charge is 0.473 e. The van der Waals surface area contributed by atoms with Crippen LogP contribution in [0.5, 0.6) is 23.5 Å². The van der Waals surface area contributed by atoms with Gasteiger partial charge in [-0.25, -0.2) is 44.3 Å². The number of aliphatic hydroxyl groups excluding tert-OH is 1. The molecule has 0 radical (unpaired) electrons. The zero-order valence-corrected chi connectivity index (χ0v) is 77.3. The fourth-order valence-corrected chi connectivity index (χ4v) is 14.2. The summed E-state index contributed by atoms with van der Waals surface area (Å²) in [5, 5.41) is 44.5. The lowest BCUT2D eigenvalue weighted by molar-refractivity contribution is -0.117. The van der Waals surface area contributed by atoms with Crippen LogP contribution in [0.4, 0.5) is 49.3 Å². The minimum atomic E-state index is -0.527. The number of aryl methyl sites for hydroxylation is 3. The van der Waals surface area contributed by atoms with Crippen LogP contribution >= 0.6 is 92.8 Å². The Morgan fingerprint density at radius 3 is 1.03 bits per heavy atom. The third-order valence-electron chi connectivity index (χ3n) is 18.4. The Labute approximate surface area is 761 Å². The molecule has 0 aromatic carbocycles. The van der Waals surface area contributed by atoms with E-state index in [9.17, 15) is 24.3 Å². The first kappa shape index (κ1) is 100. The molecule has 0 aliphatic heterocycles. The van der Waals surface area contributed by atoms with Crippen molar-refractivity contribution in [3.8, 4) is 23.5 Å². The van der Waals surface area contributed by atoms with Gasteiger partial charge in [-0.05, 0) is 201 Å². The molecule has 8 heterocycles. The fraction of sp³-hybridized carbons (Fsp3) is 0.562. The van der Waals surface area contributed by atoms with E-state index in [0.717, 1.165) is 120 Å². The van der Waals surface area contributed by atoms with Crippen LogP contribution in [0, 0.1) is 0 Å².